The van der Waals surface area contributed by atoms with Gasteiger partial charge in [0.25, 0.3) is 0 Å². The zero-order chi connectivity index (χ0) is 13.4. The highest BCUT2D eigenvalue weighted by atomic mass is 15.2. The van der Waals surface area contributed by atoms with Gasteiger partial charge in [-0.25, -0.2) is 4.98 Å². The summed E-state index contributed by atoms with van der Waals surface area (Å²) in [5.74, 6) is 0.936. The summed E-state index contributed by atoms with van der Waals surface area (Å²) < 4.78 is 2.18. The Labute approximate surface area is 114 Å². The minimum absolute atomic E-state index is 0.415. The van der Waals surface area contributed by atoms with Crippen molar-refractivity contribution in [2.75, 3.05) is 5.32 Å². The molecule has 1 aliphatic carbocycles. The van der Waals surface area contributed by atoms with Crippen LogP contribution in [0, 0.1) is 6.92 Å². The molecule has 0 radical (unpaired) electrons. The average molecular weight is 255 g/mol. The van der Waals surface area contributed by atoms with Crippen molar-refractivity contribution in [1.29, 1.82) is 0 Å². The monoisotopic (exact) mass is 255 g/mol. The number of aryl methyl sites for hydroxylation is 3. The fraction of sp³-hybridized carbons (Fsp3) is 0.438. The van der Waals surface area contributed by atoms with Crippen LogP contribution in [0.15, 0.2) is 24.4 Å². The van der Waals surface area contributed by atoms with Gasteiger partial charge in [-0.05, 0) is 63.3 Å². The average Bonchev–Trinajstić information content (AvgIpc) is 2.95. The van der Waals surface area contributed by atoms with E-state index in [9.17, 15) is 0 Å². The summed E-state index contributed by atoms with van der Waals surface area (Å²) in [6.07, 6.45) is 5.83. The highest BCUT2D eigenvalue weighted by molar-refractivity contribution is 5.57. The molecule has 0 fully saturated rings. The predicted octanol–water partition coefficient (Wildman–Crippen LogP) is 4.00. The molecule has 0 saturated heterocycles. The maximum Gasteiger partial charge on any atom is 0.207 e. The van der Waals surface area contributed by atoms with Crippen molar-refractivity contribution in [3.05, 3.63) is 41.2 Å². The predicted molar refractivity (Wildman–Crippen MR) is 79.1 cm³/mol. The highest BCUT2D eigenvalue weighted by Crippen LogP contribution is 2.27. The summed E-state index contributed by atoms with van der Waals surface area (Å²) in [6.45, 7) is 6.39. The van der Waals surface area contributed by atoms with Crippen molar-refractivity contribution in [2.45, 2.75) is 46.1 Å². The number of nitrogens with zero attached hydrogens (tertiary/aromatic N) is 2. The third-order valence-electron chi connectivity index (χ3n) is 3.76. The van der Waals surface area contributed by atoms with Gasteiger partial charge in [-0.15, -0.1) is 0 Å². The summed E-state index contributed by atoms with van der Waals surface area (Å²) >= 11 is 0. The molecule has 0 aliphatic heterocycles. The minimum atomic E-state index is 0.415. The molecule has 100 valence electrons. The van der Waals surface area contributed by atoms with Crippen LogP contribution in [0.3, 0.4) is 0 Å². The second-order valence-electron chi connectivity index (χ2n) is 5.67. The number of anilines is 2. The highest BCUT2D eigenvalue weighted by Gasteiger charge is 2.13. The number of nitrogens with one attached hydrogen (secondary N) is 1. The van der Waals surface area contributed by atoms with Gasteiger partial charge in [-0.3, -0.25) is 0 Å². The molecule has 3 heteroatoms. The first-order chi connectivity index (χ1) is 9.13. The summed E-state index contributed by atoms with van der Waals surface area (Å²) in [5.41, 5.74) is 5.20. The molecule has 0 spiro atoms. The first kappa shape index (κ1) is 12.3. The van der Waals surface area contributed by atoms with Crippen LogP contribution in [-0.4, -0.2) is 9.55 Å². The van der Waals surface area contributed by atoms with Gasteiger partial charge in [0.2, 0.25) is 5.95 Å². The van der Waals surface area contributed by atoms with Crippen LogP contribution in [0.4, 0.5) is 11.6 Å². The Morgan fingerprint density at radius 1 is 1.21 bits per heavy atom. The molecule has 0 saturated carbocycles. The van der Waals surface area contributed by atoms with Crippen molar-refractivity contribution < 1.29 is 0 Å². The van der Waals surface area contributed by atoms with E-state index >= 15 is 0 Å². The van der Waals surface area contributed by atoms with Crippen molar-refractivity contribution in [2.24, 2.45) is 0 Å². The van der Waals surface area contributed by atoms with Gasteiger partial charge in [0.1, 0.15) is 0 Å². The maximum absolute atomic E-state index is 4.57. The fourth-order valence-electron chi connectivity index (χ4n) is 2.78. The number of rotatable bonds is 3. The molecule has 1 heterocycles. The Balaban J connectivity index is 1.89. The van der Waals surface area contributed by atoms with Gasteiger partial charge in [0.05, 0.1) is 5.69 Å². The van der Waals surface area contributed by atoms with Crippen molar-refractivity contribution in [3.8, 4) is 0 Å². The molecule has 0 bridgehead atoms. The van der Waals surface area contributed by atoms with Crippen molar-refractivity contribution in [3.63, 3.8) is 0 Å². The SMILES string of the molecule is Cc1cn(C(C)C)c(Nc2ccc3c(c2)CCC3)n1. The zero-order valence-corrected chi connectivity index (χ0v) is 11.9. The van der Waals surface area contributed by atoms with E-state index in [4.69, 9.17) is 0 Å². The molecule has 1 aromatic carbocycles. The fourth-order valence-corrected chi connectivity index (χ4v) is 2.78. The molecule has 0 atom stereocenters. The number of aromatic nitrogens is 2. The number of fused-ring (bicyclic) bond motifs is 1. The lowest BCUT2D eigenvalue weighted by Crippen LogP contribution is -2.05. The minimum Gasteiger partial charge on any atom is -0.326 e. The van der Waals surface area contributed by atoms with Crippen LogP contribution in [0.25, 0.3) is 0 Å². The number of hydrogen-bond donors (Lipinski definition) is 1. The molecule has 3 nitrogen and oxygen atoms in total. The third-order valence-corrected chi connectivity index (χ3v) is 3.76. The van der Waals surface area contributed by atoms with E-state index in [0.29, 0.717) is 6.04 Å². The second-order valence-corrected chi connectivity index (χ2v) is 5.67. The van der Waals surface area contributed by atoms with E-state index in [1.807, 2.05) is 6.92 Å². The molecule has 0 unspecified atom stereocenters. The molecule has 1 aromatic heterocycles. The van der Waals surface area contributed by atoms with E-state index in [0.717, 1.165) is 17.3 Å². The van der Waals surface area contributed by atoms with E-state index in [1.165, 1.54) is 30.4 Å². The van der Waals surface area contributed by atoms with Gasteiger partial charge in [0, 0.05) is 17.9 Å². The third kappa shape index (κ3) is 2.37. The Bertz CT molecular complexity index is 596. The smallest absolute Gasteiger partial charge is 0.207 e. The summed E-state index contributed by atoms with van der Waals surface area (Å²) in [5, 5.41) is 3.46. The van der Waals surface area contributed by atoms with Crippen molar-refractivity contribution >= 4 is 11.6 Å². The normalized spacial score (nSPS) is 13.9. The number of imidazole rings is 1. The maximum atomic E-state index is 4.57. The summed E-state index contributed by atoms with van der Waals surface area (Å²) in [7, 11) is 0. The molecule has 1 aliphatic rings. The molecule has 19 heavy (non-hydrogen) atoms. The van der Waals surface area contributed by atoms with Gasteiger partial charge in [0.15, 0.2) is 0 Å². The molecular formula is C16H21N3. The van der Waals surface area contributed by atoms with Crippen LogP contribution < -0.4 is 5.32 Å². The summed E-state index contributed by atoms with van der Waals surface area (Å²) in [4.78, 5) is 4.57. The molecule has 0 amide bonds. The quantitative estimate of drug-likeness (QED) is 0.898. The van der Waals surface area contributed by atoms with Crippen LogP contribution in [-0.2, 0) is 12.8 Å². The second kappa shape index (κ2) is 4.72. The van der Waals surface area contributed by atoms with Gasteiger partial charge in [-0.2, -0.15) is 0 Å². The van der Waals surface area contributed by atoms with E-state index in [2.05, 4.69) is 53.1 Å². The molecule has 1 N–H and O–H groups in total. The molecular weight excluding hydrogens is 234 g/mol. The largest absolute Gasteiger partial charge is 0.326 e. The topological polar surface area (TPSA) is 29.9 Å². The van der Waals surface area contributed by atoms with Crippen LogP contribution in [0.1, 0.15) is 43.1 Å². The Morgan fingerprint density at radius 3 is 2.79 bits per heavy atom. The van der Waals surface area contributed by atoms with Crippen LogP contribution in [0.5, 0.6) is 0 Å². The standard InChI is InChI=1S/C16H21N3/c1-11(2)19-10-12(3)17-16(19)18-15-8-7-13-5-4-6-14(13)9-15/h7-11H,4-6H2,1-3H3,(H,17,18). The van der Waals surface area contributed by atoms with Crippen LogP contribution >= 0.6 is 0 Å². The molecule has 3 rings (SSSR count). The van der Waals surface area contributed by atoms with E-state index in [1.54, 1.807) is 0 Å². The Hall–Kier alpha value is -1.77. The Kier molecular flexibility index (Phi) is 3.05. The van der Waals surface area contributed by atoms with Crippen LogP contribution in [0.2, 0.25) is 0 Å². The lowest BCUT2D eigenvalue weighted by molar-refractivity contribution is 0.607. The first-order valence-electron chi connectivity index (χ1n) is 7.08. The Morgan fingerprint density at radius 2 is 2.00 bits per heavy atom. The molecule has 2 aromatic rings. The van der Waals surface area contributed by atoms with E-state index in [-0.39, 0.29) is 0 Å². The van der Waals surface area contributed by atoms with Crippen molar-refractivity contribution in [1.82, 2.24) is 9.55 Å². The number of hydrogen-bond acceptors (Lipinski definition) is 2. The van der Waals surface area contributed by atoms with Gasteiger partial charge < -0.3 is 9.88 Å². The first-order valence-corrected chi connectivity index (χ1v) is 7.08. The van der Waals surface area contributed by atoms with Gasteiger partial charge in [-0.1, -0.05) is 6.07 Å². The lowest BCUT2D eigenvalue weighted by atomic mass is 10.1. The lowest BCUT2D eigenvalue weighted by Gasteiger charge is -2.13. The van der Waals surface area contributed by atoms with E-state index < -0.39 is 0 Å². The summed E-state index contributed by atoms with van der Waals surface area (Å²) in [6, 6.07) is 7.11. The van der Waals surface area contributed by atoms with Gasteiger partial charge >= 0.3 is 0 Å². The zero-order valence-electron chi connectivity index (χ0n) is 11.9. The number of benzene rings is 1.